The molecule has 0 fully saturated rings. The molecule has 0 aromatic rings. The summed E-state index contributed by atoms with van der Waals surface area (Å²) in [7, 11) is 0. The molecule has 0 unspecified atom stereocenters. The Morgan fingerprint density at radius 3 is 0.500 bits per heavy atom. The van der Waals surface area contributed by atoms with Gasteiger partial charge in [-0.3, -0.25) is 28.8 Å². The second-order valence-electron chi connectivity index (χ2n) is 4.74. The van der Waals surface area contributed by atoms with Crippen LogP contribution in [0.25, 0.3) is 0 Å². The third-order valence-corrected chi connectivity index (χ3v) is 1.49. The van der Waals surface area contributed by atoms with Crippen molar-refractivity contribution in [2.75, 3.05) is 0 Å². The zero-order valence-electron chi connectivity index (χ0n) is 14.0. The minimum absolute atomic E-state index is 0. The first-order chi connectivity index (χ1) is 9.38. The van der Waals surface area contributed by atoms with E-state index in [-0.39, 0.29) is 75.0 Å². The SMILES string of the molecule is CC(=O)CC(C)=O.CC(=O)CC(C)=O.CC(=O)CC(C)=O.[Mo+3]. The summed E-state index contributed by atoms with van der Waals surface area (Å²) in [5, 5.41) is 0. The molecular formula is C15H24MoO6+3. The maximum Gasteiger partial charge on any atom is 3.00 e. The first-order valence-corrected chi connectivity index (χ1v) is 6.35. The van der Waals surface area contributed by atoms with Crippen molar-refractivity contribution in [1.82, 2.24) is 0 Å². The molecule has 0 saturated heterocycles. The second-order valence-corrected chi connectivity index (χ2v) is 4.74. The molecule has 22 heavy (non-hydrogen) atoms. The molecule has 0 aliphatic heterocycles. The number of rotatable bonds is 6. The van der Waals surface area contributed by atoms with Crippen LogP contribution in [0.1, 0.15) is 60.8 Å². The molecule has 0 bridgehead atoms. The molecule has 0 N–H and O–H groups in total. The van der Waals surface area contributed by atoms with E-state index >= 15 is 0 Å². The summed E-state index contributed by atoms with van der Waals surface area (Å²) in [5.41, 5.74) is 0. The van der Waals surface area contributed by atoms with Crippen molar-refractivity contribution >= 4 is 34.7 Å². The van der Waals surface area contributed by atoms with Gasteiger partial charge in [-0.05, 0) is 41.5 Å². The van der Waals surface area contributed by atoms with Gasteiger partial charge in [0.05, 0.1) is 19.3 Å². The van der Waals surface area contributed by atoms with Crippen LogP contribution in [0.2, 0.25) is 0 Å². The maximum atomic E-state index is 10.0. The molecule has 0 rings (SSSR count). The third kappa shape index (κ3) is 51.2. The summed E-state index contributed by atoms with van der Waals surface area (Å²) in [5.74, 6) is -0.375. The first-order valence-electron chi connectivity index (χ1n) is 6.35. The van der Waals surface area contributed by atoms with E-state index in [1.807, 2.05) is 0 Å². The van der Waals surface area contributed by atoms with Crippen molar-refractivity contribution in [3.63, 3.8) is 0 Å². The summed E-state index contributed by atoms with van der Waals surface area (Å²) in [6, 6.07) is 0. The normalized spacial score (nSPS) is 7.91. The standard InChI is InChI=1S/3C5H8O2.Mo/c3*1-4(6)3-5(2)7;/h3*3H2,1-2H3;/q;;;+3. The Bertz CT molecular complexity index is 314. The fraction of sp³-hybridized carbons (Fsp3) is 0.600. The van der Waals surface area contributed by atoms with Gasteiger partial charge in [-0.25, -0.2) is 0 Å². The number of carbonyl (C=O) groups excluding carboxylic acids is 6. The molecule has 0 aliphatic rings. The topological polar surface area (TPSA) is 102 Å². The van der Waals surface area contributed by atoms with Gasteiger partial charge in [0.25, 0.3) is 0 Å². The summed E-state index contributed by atoms with van der Waals surface area (Å²) in [4.78, 5) is 60.2. The Morgan fingerprint density at radius 2 is 0.500 bits per heavy atom. The predicted octanol–water partition coefficient (Wildman–Crippen LogP) is 1.66. The van der Waals surface area contributed by atoms with E-state index in [1.54, 1.807) is 0 Å². The Balaban J connectivity index is -0.000000108. The molecule has 123 valence electrons. The van der Waals surface area contributed by atoms with E-state index in [2.05, 4.69) is 0 Å². The van der Waals surface area contributed by atoms with Crippen LogP contribution in [0.5, 0.6) is 0 Å². The molecule has 0 saturated carbocycles. The van der Waals surface area contributed by atoms with Gasteiger partial charge < -0.3 is 0 Å². The minimum atomic E-state index is -0.0625. The number of hydrogen-bond acceptors (Lipinski definition) is 6. The maximum absolute atomic E-state index is 10.0. The molecule has 7 heteroatoms. The van der Waals surface area contributed by atoms with Crippen LogP contribution in [0.4, 0.5) is 0 Å². The Hall–Kier alpha value is -1.29. The average molecular weight is 396 g/mol. The zero-order chi connectivity index (χ0) is 17.6. The molecule has 0 atom stereocenters. The Kier molecular flexibility index (Phi) is 23.3. The van der Waals surface area contributed by atoms with Crippen LogP contribution in [0.3, 0.4) is 0 Å². The summed E-state index contributed by atoms with van der Waals surface area (Å²) in [6.07, 6.45) is 0.250. The largest absolute Gasteiger partial charge is 3.00 e. The van der Waals surface area contributed by atoms with Crippen molar-refractivity contribution in [3.05, 3.63) is 0 Å². The molecule has 6 nitrogen and oxygen atoms in total. The quantitative estimate of drug-likeness (QED) is 0.500. The van der Waals surface area contributed by atoms with Gasteiger partial charge >= 0.3 is 21.1 Å². The van der Waals surface area contributed by atoms with E-state index in [0.717, 1.165) is 0 Å². The van der Waals surface area contributed by atoms with Crippen LogP contribution < -0.4 is 0 Å². The Labute approximate surface area is 145 Å². The van der Waals surface area contributed by atoms with E-state index in [4.69, 9.17) is 0 Å². The summed E-state index contributed by atoms with van der Waals surface area (Å²) >= 11 is 0. The van der Waals surface area contributed by atoms with Gasteiger partial charge in [0.1, 0.15) is 34.7 Å². The predicted molar refractivity (Wildman–Crippen MR) is 77.9 cm³/mol. The summed E-state index contributed by atoms with van der Waals surface area (Å²) < 4.78 is 0. The molecule has 0 aromatic carbocycles. The van der Waals surface area contributed by atoms with E-state index in [1.165, 1.54) is 41.5 Å². The van der Waals surface area contributed by atoms with Gasteiger partial charge in [-0.1, -0.05) is 0 Å². The van der Waals surface area contributed by atoms with Crippen molar-refractivity contribution in [2.24, 2.45) is 0 Å². The van der Waals surface area contributed by atoms with Crippen LogP contribution in [0, 0.1) is 0 Å². The van der Waals surface area contributed by atoms with E-state index in [0.29, 0.717) is 0 Å². The Morgan fingerprint density at radius 1 is 0.409 bits per heavy atom. The van der Waals surface area contributed by atoms with Crippen molar-refractivity contribution in [1.29, 1.82) is 0 Å². The van der Waals surface area contributed by atoms with E-state index in [9.17, 15) is 28.8 Å². The van der Waals surface area contributed by atoms with Gasteiger partial charge in [-0.15, -0.1) is 0 Å². The second kappa shape index (κ2) is 17.8. The fourth-order valence-corrected chi connectivity index (χ4v) is 1.05. The summed E-state index contributed by atoms with van der Waals surface area (Å²) in [6.45, 7) is 8.42. The van der Waals surface area contributed by atoms with Gasteiger partial charge in [0, 0.05) is 0 Å². The van der Waals surface area contributed by atoms with E-state index < -0.39 is 0 Å². The van der Waals surface area contributed by atoms with Gasteiger partial charge in [0.2, 0.25) is 0 Å². The van der Waals surface area contributed by atoms with Crippen LogP contribution in [-0.2, 0) is 49.8 Å². The van der Waals surface area contributed by atoms with Crippen LogP contribution in [-0.4, -0.2) is 34.7 Å². The molecule has 1 radical (unpaired) electrons. The number of ketones is 6. The van der Waals surface area contributed by atoms with Gasteiger partial charge in [-0.2, -0.15) is 0 Å². The van der Waals surface area contributed by atoms with Crippen LogP contribution in [0.15, 0.2) is 0 Å². The van der Waals surface area contributed by atoms with Crippen molar-refractivity contribution < 1.29 is 49.8 Å². The number of hydrogen-bond donors (Lipinski definition) is 0. The van der Waals surface area contributed by atoms with Gasteiger partial charge in [0.15, 0.2) is 0 Å². The molecule has 0 aromatic heterocycles. The molecule has 0 aliphatic carbocycles. The van der Waals surface area contributed by atoms with Crippen molar-refractivity contribution in [2.45, 2.75) is 60.8 Å². The smallest absolute Gasteiger partial charge is 0.300 e. The monoisotopic (exact) mass is 398 g/mol. The minimum Gasteiger partial charge on any atom is -0.300 e. The number of Topliss-reactive ketones (excluding diaryl/α,β-unsaturated/α-hetero) is 6. The average Bonchev–Trinajstić information content (AvgIpc) is 2.10. The van der Waals surface area contributed by atoms with Crippen LogP contribution >= 0.6 is 0 Å². The molecule has 0 spiro atoms. The fourth-order valence-electron chi connectivity index (χ4n) is 1.05. The molecule has 0 heterocycles. The zero-order valence-corrected chi connectivity index (χ0v) is 16.0. The first kappa shape index (κ1) is 28.8. The van der Waals surface area contributed by atoms with Crippen molar-refractivity contribution in [3.8, 4) is 0 Å². The molecular weight excluding hydrogens is 372 g/mol. The molecule has 0 amide bonds. The third-order valence-electron chi connectivity index (χ3n) is 1.49. The number of carbonyl (C=O) groups is 6.